The molecule has 3 nitrogen and oxygen atoms in total. The van der Waals surface area contributed by atoms with Gasteiger partial charge in [0.25, 0.3) is 0 Å². The Kier molecular flexibility index (Phi) is 6.53. The molecule has 16 heavy (non-hydrogen) atoms. The Morgan fingerprint density at radius 3 is 2.00 bits per heavy atom. The van der Waals surface area contributed by atoms with E-state index in [-0.39, 0.29) is 24.4 Å². The zero-order valence-electron chi connectivity index (χ0n) is 11.4. The van der Waals surface area contributed by atoms with Crippen molar-refractivity contribution in [3.63, 3.8) is 0 Å². The summed E-state index contributed by atoms with van der Waals surface area (Å²) in [6.07, 6.45) is 2.44. The third kappa shape index (κ3) is 6.46. The van der Waals surface area contributed by atoms with E-state index in [1.165, 1.54) is 0 Å². The van der Waals surface area contributed by atoms with Crippen LogP contribution < -0.4 is 0 Å². The fraction of sp³-hybridized carbons (Fsp3) is 1.00. The van der Waals surface area contributed by atoms with E-state index in [4.69, 9.17) is 9.84 Å². The van der Waals surface area contributed by atoms with E-state index in [9.17, 15) is 5.11 Å². The highest BCUT2D eigenvalue weighted by molar-refractivity contribution is 4.79. The zero-order chi connectivity index (χ0) is 12.8. The lowest BCUT2D eigenvalue weighted by Crippen LogP contribution is -2.39. The molecule has 98 valence electrons. The maximum absolute atomic E-state index is 9.20. The highest BCUT2D eigenvalue weighted by Crippen LogP contribution is 2.29. The van der Waals surface area contributed by atoms with E-state index >= 15 is 0 Å². The Labute approximate surface area is 99.8 Å². The van der Waals surface area contributed by atoms with Gasteiger partial charge < -0.3 is 14.9 Å². The maximum atomic E-state index is 9.20. The van der Waals surface area contributed by atoms with E-state index in [1.807, 2.05) is 27.7 Å². The van der Waals surface area contributed by atoms with Gasteiger partial charge in [0.05, 0.1) is 11.2 Å². The van der Waals surface area contributed by atoms with Gasteiger partial charge in [-0.05, 0) is 46.5 Å². The first-order valence-electron chi connectivity index (χ1n) is 6.18. The summed E-state index contributed by atoms with van der Waals surface area (Å²) in [6.45, 7) is 10.5. The van der Waals surface area contributed by atoms with Crippen molar-refractivity contribution in [1.29, 1.82) is 0 Å². The molecule has 0 aliphatic heterocycles. The van der Waals surface area contributed by atoms with Crippen LogP contribution in [0, 0.1) is 5.92 Å². The van der Waals surface area contributed by atoms with Gasteiger partial charge in [-0.2, -0.15) is 0 Å². The van der Waals surface area contributed by atoms with Crippen molar-refractivity contribution in [2.24, 2.45) is 5.92 Å². The Morgan fingerprint density at radius 1 is 1.06 bits per heavy atom. The fourth-order valence-electron chi connectivity index (χ4n) is 2.14. The number of ether oxygens (including phenoxy) is 1. The molecule has 0 saturated carbocycles. The number of aliphatic hydroxyl groups excluding tert-OH is 2. The molecule has 0 rings (SSSR count). The van der Waals surface area contributed by atoms with Gasteiger partial charge >= 0.3 is 0 Å². The molecule has 0 fully saturated rings. The van der Waals surface area contributed by atoms with Gasteiger partial charge in [-0.25, -0.2) is 0 Å². The van der Waals surface area contributed by atoms with Gasteiger partial charge in [-0.3, -0.25) is 0 Å². The first-order valence-corrected chi connectivity index (χ1v) is 6.18. The first-order chi connectivity index (χ1) is 7.26. The average Bonchev–Trinajstić information content (AvgIpc) is 2.12. The largest absolute Gasteiger partial charge is 0.396 e. The smallest absolute Gasteiger partial charge is 0.0655 e. The van der Waals surface area contributed by atoms with E-state index < -0.39 is 0 Å². The van der Waals surface area contributed by atoms with Crippen molar-refractivity contribution in [1.82, 2.24) is 0 Å². The molecule has 0 spiro atoms. The highest BCUT2D eigenvalue weighted by atomic mass is 16.5. The fourth-order valence-corrected chi connectivity index (χ4v) is 2.14. The molecule has 0 aliphatic carbocycles. The van der Waals surface area contributed by atoms with Gasteiger partial charge in [-0.1, -0.05) is 13.3 Å². The summed E-state index contributed by atoms with van der Waals surface area (Å²) < 4.78 is 6.03. The molecule has 1 unspecified atom stereocenters. The Hall–Kier alpha value is -0.120. The molecule has 0 aromatic carbocycles. The number of hydrogen-bond donors (Lipinski definition) is 2. The topological polar surface area (TPSA) is 49.7 Å². The lowest BCUT2D eigenvalue weighted by atomic mass is 9.91. The quantitative estimate of drug-likeness (QED) is 0.675. The summed E-state index contributed by atoms with van der Waals surface area (Å²) in [6, 6.07) is 0. The molecule has 0 aliphatic rings. The normalized spacial score (nSPS) is 15.2. The Bertz CT molecular complexity index is 184. The molecular formula is C13H28O3. The van der Waals surface area contributed by atoms with Crippen LogP contribution in [0.4, 0.5) is 0 Å². The number of rotatable bonds is 8. The van der Waals surface area contributed by atoms with Gasteiger partial charge in [0.15, 0.2) is 0 Å². The van der Waals surface area contributed by atoms with Gasteiger partial charge in [-0.15, -0.1) is 0 Å². The van der Waals surface area contributed by atoms with E-state index in [0.29, 0.717) is 12.3 Å². The summed E-state index contributed by atoms with van der Waals surface area (Å²) in [5.41, 5.74) is -0.575. The molecule has 0 aromatic heterocycles. The van der Waals surface area contributed by atoms with E-state index in [1.54, 1.807) is 0 Å². The van der Waals surface area contributed by atoms with Crippen LogP contribution in [-0.4, -0.2) is 34.6 Å². The first kappa shape index (κ1) is 15.9. The zero-order valence-corrected chi connectivity index (χ0v) is 11.4. The van der Waals surface area contributed by atoms with Crippen LogP contribution in [0.25, 0.3) is 0 Å². The van der Waals surface area contributed by atoms with Crippen LogP contribution in [0.2, 0.25) is 0 Å². The Morgan fingerprint density at radius 2 is 1.62 bits per heavy atom. The van der Waals surface area contributed by atoms with Crippen LogP contribution in [-0.2, 0) is 4.74 Å². The van der Waals surface area contributed by atoms with Crippen LogP contribution in [0.15, 0.2) is 0 Å². The second-order valence-corrected chi connectivity index (χ2v) is 5.76. The lowest BCUT2D eigenvalue weighted by Gasteiger charge is -2.37. The lowest BCUT2D eigenvalue weighted by molar-refractivity contribution is -0.140. The van der Waals surface area contributed by atoms with E-state index in [0.717, 1.165) is 12.8 Å². The predicted octanol–water partition coefficient (Wildman–Crippen LogP) is 2.35. The SMILES string of the molecule is CCC(CO)CC(C)(C)OC(C)(C)CCO. The summed E-state index contributed by atoms with van der Waals surface area (Å²) in [5.74, 6) is 0.292. The van der Waals surface area contributed by atoms with Crippen LogP contribution in [0.1, 0.15) is 53.9 Å². The maximum Gasteiger partial charge on any atom is 0.0655 e. The summed E-state index contributed by atoms with van der Waals surface area (Å²) >= 11 is 0. The summed E-state index contributed by atoms with van der Waals surface area (Å²) in [4.78, 5) is 0. The standard InChI is InChI=1S/C13H28O3/c1-6-11(10-15)9-13(4,5)16-12(2,3)7-8-14/h11,14-15H,6-10H2,1-5H3. The molecule has 0 saturated heterocycles. The minimum absolute atomic E-state index is 0.139. The van der Waals surface area contributed by atoms with Crippen molar-refractivity contribution >= 4 is 0 Å². The molecule has 2 N–H and O–H groups in total. The van der Waals surface area contributed by atoms with E-state index in [2.05, 4.69) is 6.92 Å². The minimum Gasteiger partial charge on any atom is -0.396 e. The van der Waals surface area contributed by atoms with Crippen molar-refractivity contribution < 1.29 is 14.9 Å². The molecule has 1 atom stereocenters. The molecule has 0 amide bonds. The van der Waals surface area contributed by atoms with Crippen LogP contribution >= 0.6 is 0 Å². The second kappa shape index (κ2) is 6.58. The average molecular weight is 232 g/mol. The molecule has 0 bridgehead atoms. The number of hydrogen-bond acceptors (Lipinski definition) is 3. The third-order valence-corrected chi connectivity index (χ3v) is 2.88. The van der Waals surface area contributed by atoms with Gasteiger partial charge in [0.1, 0.15) is 0 Å². The van der Waals surface area contributed by atoms with Crippen molar-refractivity contribution in [2.75, 3.05) is 13.2 Å². The summed E-state index contributed by atoms with van der Waals surface area (Å²) in [5, 5.41) is 18.1. The van der Waals surface area contributed by atoms with Gasteiger partial charge in [0.2, 0.25) is 0 Å². The van der Waals surface area contributed by atoms with Gasteiger partial charge in [0, 0.05) is 13.2 Å². The molecule has 3 heteroatoms. The Balaban J connectivity index is 4.32. The molecule has 0 heterocycles. The molecule has 0 aromatic rings. The monoisotopic (exact) mass is 232 g/mol. The predicted molar refractivity (Wildman–Crippen MR) is 66.4 cm³/mol. The minimum atomic E-state index is -0.313. The third-order valence-electron chi connectivity index (χ3n) is 2.88. The number of aliphatic hydroxyl groups is 2. The second-order valence-electron chi connectivity index (χ2n) is 5.76. The van der Waals surface area contributed by atoms with Crippen LogP contribution in [0.3, 0.4) is 0 Å². The van der Waals surface area contributed by atoms with Crippen molar-refractivity contribution in [3.8, 4) is 0 Å². The summed E-state index contributed by atoms with van der Waals surface area (Å²) in [7, 11) is 0. The van der Waals surface area contributed by atoms with Crippen molar-refractivity contribution in [2.45, 2.75) is 65.1 Å². The van der Waals surface area contributed by atoms with Crippen molar-refractivity contribution in [3.05, 3.63) is 0 Å². The highest BCUT2D eigenvalue weighted by Gasteiger charge is 2.30. The molecular weight excluding hydrogens is 204 g/mol. The molecule has 0 radical (unpaired) electrons. The van der Waals surface area contributed by atoms with Crippen LogP contribution in [0.5, 0.6) is 0 Å².